The lowest BCUT2D eigenvalue weighted by Crippen LogP contribution is -2.72. The van der Waals surface area contributed by atoms with E-state index in [0.717, 1.165) is 11.1 Å². The molecule has 2 heterocycles. The van der Waals surface area contributed by atoms with Gasteiger partial charge in [0.15, 0.2) is 5.60 Å². The van der Waals surface area contributed by atoms with Crippen molar-refractivity contribution in [2.75, 3.05) is 13.2 Å². The first-order chi connectivity index (χ1) is 18.7. The van der Waals surface area contributed by atoms with Gasteiger partial charge in [0.1, 0.15) is 48.1 Å². The molecule has 2 aliphatic heterocycles. The lowest BCUT2D eigenvalue weighted by Gasteiger charge is -2.45. The van der Waals surface area contributed by atoms with E-state index in [1.807, 2.05) is 6.07 Å². The molecule has 13 heteroatoms. The minimum atomic E-state index is -2.44. The van der Waals surface area contributed by atoms with Crippen LogP contribution in [0, 0.1) is 13.8 Å². The van der Waals surface area contributed by atoms with Crippen molar-refractivity contribution < 1.29 is 59.8 Å². The van der Waals surface area contributed by atoms with Gasteiger partial charge in [0, 0.05) is 0 Å². The third-order valence-electron chi connectivity index (χ3n) is 7.44. The van der Waals surface area contributed by atoms with E-state index in [1.165, 1.54) is 6.92 Å². The van der Waals surface area contributed by atoms with E-state index < -0.39 is 73.7 Å². The van der Waals surface area contributed by atoms with Crippen molar-refractivity contribution in [3.05, 3.63) is 47.5 Å². The molecule has 0 aliphatic carbocycles. The second-order valence-corrected chi connectivity index (χ2v) is 10.6. The van der Waals surface area contributed by atoms with Crippen LogP contribution in [0.3, 0.4) is 0 Å². The zero-order valence-corrected chi connectivity index (χ0v) is 22.3. The summed E-state index contributed by atoms with van der Waals surface area (Å²) in [5, 5.41) is 80.6. The summed E-state index contributed by atoms with van der Waals surface area (Å²) in [5.41, 5.74) is 4.26. The van der Waals surface area contributed by atoms with Crippen LogP contribution in [0.2, 0.25) is 0 Å². The Labute approximate surface area is 230 Å². The zero-order valence-electron chi connectivity index (χ0n) is 22.3. The molecule has 40 heavy (non-hydrogen) atoms. The first-order valence-electron chi connectivity index (χ1n) is 12.8. The van der Waals surface area contributed by atoms with E-state index in [2.05, 4.69) is 0 Å². The summed E-state index contributed by atoms with van der Waals surface area (Å²) < 4.78 is 22.5. The van der Waals surface area contributed by atoms with Crippen LogP contribution in [0.1, 0.15) is 18.1 Å². The number of hydrogen-bond acceptors (Lipinski definition) is 13. The standard InChI is InChI=1S/C27H37NO12/c1-12-8-14(4-6-16(12)37-24-26(3,35)22(33)20(31)18(10-29)39-24)15-5-7-17(13(2)9-15)38-25-27(28,36)23(34)21(32)19(11-30)40-25/h4-9,18-25,29-36H,10-11,28H2,1-3H3/t18-,19-,20-,21-,22+,23+,24+,25+,26+,27+/m1/s1. The number of aliphatic hydroxyl groups excluding tert-OH is 6. The molecule has 2 fully saturated rings. The molecular weight excluding hydrogens is 530 g/mol. The van der Waals surface area contributed by atoms with Gasteiger partial charge >= 0.3 is 0 Å². The van der Waals surface area contributed by atoms with E-state index in [1.54, 1.807) is 44.2 Å². The van der Waals surface area contributed by atoms with Crippen molar-refractivity contribution in [2.24, 2.45) is 5.73 Å². The Kier molecular flexibility index (Phi) is 8.76. The van der Waals surface area contributed by atoms with Crippen molar-refractivity contribution in [3.63, 3.8) is 0 Å². The summed E-state index contributed by atoms with van der Waals surface area (Å²) in [6, 6.07) is 10.4. The summed E-state index contributed by atoms with van der Waals surface area (Å²) in [6.45, 7) is 3.59. The number of aryl methyl sites for hydroxylation is 2. The fourth-order valence-electron chi connectivity index (χ4n) is 4.75. The quantitative estimate of drug-likeness (QED) is 0.165. The van der Waals surface area contributed by atoms with Crippen LogP contribution in [-0.4, -0.2) is 115 Å². The average Bonchev–Trinajstić information content (AvgIpc) is 2.91. The van der Waals surface area contributed by atoms with Gasteiger partial charge < -0.3 is 59.8 Å². The maximum Gasteiger partial charge on any atom is 0.245 e. The molecule has 10 atom stereocenters. The molecule has 0 aromatic heterocycles. The Morgan fingerprint density at radius 3 is 1.62 bits per heavy atom. The average molecular weight is 568 g/mol. The summed E-state index contributed by atoms with van der Waals surface area (Å²) in [4.78, 5) is 0. The molecule has 0 spiro atoms. The maximum absolute atomic E-state index is 10.7. The molecule has 13 nitrogen and oxygen atoms in total. The Morgan fingerprint density at radius 1 is 0.750 bits per heavy atom. The Balaban J connectivity index is 1.51. The van der Waals surface area contributed by atoms with Crippen LogP contribution >= 0.6 is 0 Å². The van der Waals surface area contributed by atoms with Crippen molar-refractivity contribution in [1.29, 1.82) is 0 Å². The minimum Gasteiger partial charge on any atom is -0.461 e. The molecule has 0 unspecified atom stereocenters. The number of ether oxygens (including phenoxy) is 4. The molecule has 0 bridgehead atoms. The second kappa shape index (κ2) is 11.5. The van der Waals surface area contributed by atoms with Gasteiger partial charge in [0.2, 0.25) is 18.3 Å². The first-order valence-corrected chi connectivity index (χ1v) is 12.8. The number of hydrogen-bond donors (Lipinski definition) is 9. The van der Waals surface area contributed by atoms with Crippen molar-refractivity contribution in [2.45, 2.75) is 81.3 Å². The summed E-state index contributed by atoms with van der Waals surface area (Å²) in [5.74, 6) is 0.632. The van der Waals surface area contributed by atoms with Gasteiger partial charge in [0.25, 0.3) is 0 Å². The van der Waals surface area contributed by atoms with Gasteiger partial charge in [-0.05, 0) is 67.3 Å². The maximum atomic E-state index is 10.7. The number of nitrogens with two attached hydrogens (primary N) is 1. The lowest BCUT2D eigenvalue weighted by molar-refractivity contribution is -0.319. The first kappa shape index (κ1) is 30.6. The SMILES string of the molecule is Cc1cc(-c2ccc(O[C@H]3O[C@H](CO)[C@@H](O)[C@H](O)[C@]3(N)O)c(C)c2)ccc1O[C@H]1O[C@H](CO)[C@@H](O)[C@H](O)[C@]1(C)O. The summed E-state index contributed by atoms with van der Waals surface area (Å²) >= 11 is 0. The fourth-order valence-corrected chi connectivity index (χ4v) is 4.75. The van der Waals surface area contributed by atoms with Gasteiger partial charge in [-0.15, -0.1) is 0 Å². The molecule has 0 amide bonds. The topological polar surface area (TPSA) is 225 Å². The Hall–Kier alpha value is -2.40. The van der Waals surface area contributed by atoms with E-state index in [-0.39, 0.29) is 5.75 Å². The van der Waals surface area contributed by atoms with Crippen LogP contribution in [-0.2, 0) is 9.47 Å². The molecular formula is C27H37NO12. The van der Waals surface area contributed by atoms with Crippen LogP contribution < -0.4 is 15.2 Å². The molecule has 2 aromatic rings. The molecule has 10 N–H and O–H groups in total. The van der Waals surface area contributed by atoms with Crippen LogP contribution in [0.15, 0.2) is 36.4 Å². The monoisotopic (exact) mass is 567 g/mol. The van der Waals surface area contributed by atoms with E-state index in [0.29, 0.717) is 16.9 Å². The highest BCUT2D eigenvalue weighted by molar-refractivity contribution is 5.67. The number of rotatable bonds is 7. The number of aliphatic hydroxyl groups is 8. The highest BCUT2D eigenvalue weighted by Gasteiger charge is 2.55. The molecule has 0 radical (unpaired) electrons. The normalized spacial score (nSPS) is 38.2. The minimum absolute atomic E-state index is 0.283. The third kappa shape index (κ3) is 5.55. The molecule has 4 rings (SSSR count). The van der Waals surface area contributed by atoms with Crippen LogP contribution in [0.5, 0.6) is 11.5 Å². The van der Waals surface area contributed by atoms with E-state index in [4.69, 9.17) is 24.7 Å². The Morgan fingerprint density at radius 2 is 1.18 bits per heavy atom. The molecule has 2 aliphatic rings. The van der Waals surface area contributed by atoms with Gasteiger partial charge in [-0.2, -0.15) is 0 Å². The molecule has 2 aromatic carbocycles. The predicted octanol–water partition coefficient (Wildman–Crippen LogP) is -2.00. The van der Waals surface area contributed by atoms with Gasteiger partial charge in [-0.3, -0.25) is 5.73 Å². The molecule has 0 saturated carbocycles. The summed E-state index contributed by atoms with van der Waals surface area (Å²) in [7, 11) is 0. The van der Waals surface area contributed by atoms with Crippen molar-refractivity contribution >= 4 is 0 Å². The molecule has 2 saturated heterocycles. The third-order valence-corrected chi connectivity index (χ3v) is 7.44. The van der Waals surface area contributed by atoms with E-state index >= 15 is 0 Å². The zero-order chi connectivity index (χ0) is 29.6. The highest BCUT2D eigenvalue weighted by Crippen LogP contribution is 2.36. The van der Waals surface area contributed by atoms with Gasteiger partial charge in [0.05, 0.1) is 13.2 Å². The molecule has 222 valence electrons. The van der Waals surface area contributed by atoms with Gasteiger partial charge in [-0.25, -0.2) is 0 Å². The Bertz CT molecular complexity index is 1100. The summed E-state index contributed by atoms with van der Waals surface area (Å²) in [6.07, 6.45) is -11.8. The highest BCUT2D eigenvalue weighted by atomic mass is 16.7. The smallest absolute Gasteiger partial charge is 0.245 e. The van der Waals surface area contributed by atoms with E-state index in [9.17, 15) is 40.9 Å². The van der Waals surface area contributed by atoms with Gasteiger partial charge in [-0.1, -0.05) is 12.1 Å². The van der Waals surface area contributed by atoms with Crippen molar-refractivity contribution in [3.8, 4) is 22.6 Å². The van der Waals surface area contributed by atoms with Crippen LogP contribution in [0.25, 0.3) is 11.1 Å². The predicted molar refractivity (Wildman–Crippen MR) is 138 cm³/mol. The number of benzene rings is 2. The lowest BCUT2D eigenvalue weighted by atomic mass is 9.88. The second-order valence-electron chi connectivity index (χ2n) is 10.6. The largest absolute Gasteiger partial charge is 0.461 e. The van der Waals surface area contributed by atoms with Crippen LogP contribution in [0.4, 0.5) is 0 Å². The van der Waals surface area contributed by atoms with Crippen molar-refractivity contribution in [1.82, 2.24) is 0 Å². The fraction of sp³-hybridized carbons (Fsp3) is 0.556.